The standard InChI is InChI=1S/C24H23FN8O3S/c25-20-14-27-24(30-23(20)18-13-28-32(15-18)6-1-5-26)29-19-2-3-21-17(12-19)4-7-33(21)22(34)16-31-8-10-37(35,36)11-9-31/h2-4,7,12-15H,1,6,8-11,16H2,(H,27,29,30). The van der Waals surface area contributed by atoms with E-state index in [-0.39, 0.29) is 35.6 Å². The molecular weight excluding hydrogens is 499 g/mol. The zero-order chi connectivity index (χ0) is 26.0. The Bertz CT molecular complexity index is 1610. The number of benzene rings is 1. The molecule has 0 atom stereocenters. The second kappa shape index (κ2) is 10.1. The van der Waals surface area contributed by atoms with Crippen LogP contribution in [0.3, 0.4) is 0 Å². The number of anilines is 2. The summed E-state index contributed by atoms with van der Waals surface area (Å²) in [7, 11) is -3.01. The first-order chi connectivity index (χ1) is 17.8. The van der Waals surface area contributed by atoms with Gasteiger partial charge >= 0.3 is 0 Å². The molecule has 1 aliphatic rings. The van der Waals surface area contributed by atoms with Gasteiger partial charge in [0.05, 0.1) is 55.0 Å². The molecule has 4 heterocycles. The third kappa shape index (κ3) is 5.50. The SMILES string of the molecule is N#CCCn1cc(-c2nc(Nc3ccc4c(ccn4C(=O)CN4CCS(=O)(=O)CC4)c3)ncc2F)cn1. The Balaban J connectivity index is 1.30. The van der Waals surface area contributed by atoms with E-state index in [1.165, 1.54) is 6.20 Å². The highest BCUT2D eigenvalue weighted by molar-refractivity contribution is 7.91. The lowest BCUT2D eigenvalue weighted by molar-refractivity contribution is 0.0859. The van der Waals surface area contributed by atoms with Crippen LogP contribution >= 0.6 is 0 Å². The highest BCUT2D eigenvalue weighted by atomic mass is 32.2. The van der Waals surface area contributed by atoms with Crippen LogP contribution in [0.2, 0.25) is 0 Å². The molecule has 0 bridgehead atoms. The van der Waals surface area contributed by atoms with Crippen molar-refractivity contribution in [3.05, 3.63) is 54.9 Å². The van der Waals surface area contributed by atoms with Crippen LogP contribution in [-0.2, 0) is 16.4 Å². The van der Waals surface area contributed by atoms with Crippen molar-refractivity contribution in [2.45, 2.75) is 13.0 Å². The molecule has 190 valence electrons. The minimum atomic E-state index is -3.01. The van der Waals surface area contributed by atoms with Gasteiger partial charge in [-0.05, 0) is 24.3 Å². The molecule has 0 unspecified atom stereocenters. The number of rotatable bonds is 7. The number of halogens is 1. The quantitative estimate of drug-likeness (QED) is 0.388. The summed E-state index contributed by atoms with van der Waals surface area (Å²) in [5.74, 6) is -0.410. The molecule has 1 saturated heterocycles. The van der Waals surface area contributed by atoms with Crippen molar-refractivity contribution in [1.82, 2.24) is 29.2 Å². The minimum Gasteiger partial charge on any atom is -0.324 e. The molecule has 0 radical (unpaired) electrons. The maximum atomic E-state index is 14.4. The molecule has 5 rings (SSSR count). The molecule has 1 aromatic carbocycles. The van der Waals surface area contributed by atoms with Crippen molar-refractivity contribution in [2.75, 3.05) is 36.5 Å². The van der Waals surface area contributed by atoms with Crippen molar-refractivity contribution < 1.29 is 17.6 Å². The van der Waals surface area contributed by atoms with Crippen LogP contribution < -0.4 is 5.32 Å². The van der Waals surface area contributed by atoms with Gasteiger partial charge in [0.1, 0.15) is 5.69 Å². The predicted molar refractivity (Wildman–Crippen MR) is 134 cm³/mol. The third-order valence-corrected chi connectivity index (χ3v) is 7.72. The van der Waals surface area contributed by atoms with Crippen LogP contribution in [0.4, 0.5) is 16.0 Å². The summed E-state index contributed by atoms with van der Waals surface area (Å²) in [5.41, 5.74) is 1.93. The summed E-state index contributed by atoms with van der Waals surface area (Å²) < 4.78 is 40.8. The van der Waals surface area contributed by atoms with Crippen LogP contribution in [0.15, 0.2) is 49.1 Å². The molecule has 3 aromatic heterocycles. The number of carbonyl (C=O) groups is 1. The molecule has 4 aromatic rings. The van der Waals surface area contributed by atoms with Gasteiger partial charge in [0.2, 0.25) is 11.9 Å². The minimum absolute atomic E-state index is 0.0679. The van der Waals surface area contributed by atoms with Gasteiger partial charge in [-0.15, -0.1) is 0 Å². The number of sulfone groups is 1. The summed E-state index contributed by atoms with van der Waals surface area (Å²) in [6.07, 6.45) is 6.17. The van der Waals surface area contributed by atoms with Gasteiger partial charge in [0, 0.05) is 42.1 Å². The van der Waals surface area contributed by atoms with Gasteiger partial charge in [-0.2, -0.15) is 10.4 Å². The Hall–Kier alpha value is -4.15. The average Bonchev–Trinajstić information content (AvgIpc) is 3.52. The lowest BCUT2D eigenvalue weighted by Gasteiger charge is -2.25. The number of hydrogen-bond donors (Lipinski definition) is 1. The summed E-state index contributed by atoms with van der Waals surface area (Å²) >= 11 is 0. The molecule has 0 saturated carbocycles. The van der Waals surface area contributed by atoms with E-state index in [4.69, 9.17) is 5.26 Å². The number of nitriles is 1. The maximum absolute atomic E-state index is 14.4. The molecule has 0 amide bonds. The molecule has 11 nitrogen and oxygen atoms in total. The Labute approximate surface area is 212 Å². The molecule has 1 fully saturated rings. The van der Waals surface area contributed by atoms with Gasteiger partial charge in [-0.3, -0.25) is 18.9 Å². The number of nitrogens with one attached hydrogen (secondary N) is 1. The van der Waals surface area contributed by atoms with Gasteiger partial charge in [-0.1, -0.05) is 0 Å². The molecule has 0 aliphatic carbocycles. The first kappa shape index (κ1) is 24.5. The van der Waals surface area contributed by atoms with Crippen molar-refractivity contribution in [3.8, 4) is 17.3 Å². The first-order valence-corrected chi connectivity index (χ1v) is 13.4. The molecular formula is C24H23FN8O3S. The topological polar surface area (TPSA) is 139 Å². The van der Waals surface area contributed by atoms with Gasteiger partial charge in [-0.25, -0.2) is 22.8 Å². The monoisotopic (exact) mass is 522 g/mol. The van der Waals surface area contributed by atoms with Crippen LogP contribution in [0.5, 0.6) is 0 Å². The van der Waals surface area contributed by atoms with E-state index in [2.05, 4.69) is 20.4 Å². The molecule has 37 heavy (non-hydrogen) atoms. The van der Waals surface area contributed by atoms with E-state index in [1.807, 2.05) is 23.1 Å². The Morgan fingerprint density at radius 2 is 2.00 bits per heavy atom. The predicted octanol–water partition coefficient (Wildman–Crippen LogP) is 2.46. The highest BCUT2D eigenvalue weighted by Crippen LogP contribution is 2.25. The summed E-state index contributed by atoms with van der Waals surface area (Å²) in [5, 5.41) is 16.7. The Kier molecular flexibility index (Phi) is 6.68. The Morgan fingerprint density at radius 3 is 2.78 bits per heavy atom. The normalized spacial score (nSPS) is 15.5. The zero-order valence-corrected chi connectivity index (χ0v) is 20.5. The second-order valence-electron chi connectivity index (χ2n) is 8.70. The van der Waals surface area contributed by atoms with E-state index in [1.54, 1.807) is 33.8 Å². The van der Waals surface area contributed by atoms with Gasteiger partial charge in [0.25, 0.3) is 0 Å². The Morgan fingerprint density at radius 1 is 1.19 bits per heavy atom. The number of hydrogen-bond acceptors (Lipinski definition) is 9. The lowest BCUT2D eigenvalue weighted by Crippen LogP contribution is -2.43. The van der Waals surface area contributed by atoms with E-state index < -0.39 is 15.7 Å². The fourth-order valence-electron chi connectivity index (χ4n) is 4.15. The molecule has 1 aliphatic heterocycles. The maximum Gasteiger partial charge on any atom is 0.245 e. The van der Waals surface area contributed by atoms with Crippen LogP contribution in [0, 0.1) is 17.1 Å². The number of nitrogens with zero attached hydrogens (tertiary/aromatic N) is 7. The van der Waals surface area contributed by atoms with Crippen LogP contribution in [0.25, 0.3) is 22.2 Å². The largest absolute Gasteiger partial charge is 0.324 e. The fraction of sp³-hybridized carbons (Fsp3) is 0.292. The smallest absolute Gasteiger partial charge is 0.245 e. The fourth-order valence-corrected chi connectivity index (χ4v) is 5.42. The molecule has 1 N–H and O–H groups in total. The van der Waals surface area contributed by atoms with E-state index in [0.29, 0.717) is 42.8 Å². The number of carbonyl (C=O) groups excluding carboxylic acids is 1. The zero-order valence-electron chi connectivity index (χ0n) is 19.7. The lowest BCUT2D eigenvalue weighted by atomic mass is 10.2. The average molecular weight is 523 g/mol. The first-order valence-electron chi connectivity index (χ1n) is 11.6. The van der Waals surface area contributed by atoms with Gasteiger partial charge < -0.3 is 5.32 Å². The number of aromatic nitrogens is 5. The van der Waals surface area contributed by atoms with E-state index >= 15 is 0 Å². The highest BCUT2D eigenvalue weighted by Gasteiger charge is 2.23. The number of aryl methyl sites for hydroxylation is 1. The molecule has 0 spiro atoms. The van der Waals surface area contributed by atoms with Crippen LogP contribution in [0.1, 0.15) is 11.2 Å². The summed E-state index contributed by atoms with van der Waals surface area (Å²) in [6, 6.07) is 9.25. The van der Waals surface area contributed by atoms with Crippen molar-refractivity contribution in [2.24, 2.45) is 0 Å². The van der Waals surface area contributed by atoms with Gasteiger partial charge in [0.15, 0.2) is 15.7 Å². The summed E-state index contributed by atoms with van der Waals surface area (Å²) in [6.45, 7) is 1.23. The molecule has 13 heteroatoms. The van der Waals surface area contributed by atoms with Crippen LogP contribution in [-0.4, -0.2) is 74.7 Å². The van der Waals surface area contributed by atoms with Crippen molar-refractivity contribution >= 4 is 38.3 Å². The van der Waals surface area contributed by atoms with E-state index in [9.17, 15) is 17.6 Å². The summed E-state index contributed by atoms with van der Waals surface area (Å²) in [4.78, 5) is 23.0. The number of fused-ring (bicyclic) bond motifs is 1. The van der Waals surface area contributed by atoms with Crippen molar-refractivity contribution in [1.29, 1.82) is 5.26 Å². The third-order valence-electron chi connectivity index (χ3n) is 6.11. The van der Waals surface area contributed by atoms with Crippen molar-refractivity contribution in [3.63, 3.8) is 0 Å². The van der Waals surface area contributed by atoms with E-state index in [0.717, 1.165) is 11.6 Å². The second-order valence-corrected chi connectivity index (χ2v) is 11.0.